The largest absolute Gasteiger partial charge is 0.289 e. The highest BCUT2D eigenvalue weighted by Crippen LogP contribution is 2.13. The predicted octanol–water partition coefficient (Wildman–Crippen LogP) is 4.50. The van der Waals surface area contributed by atoms with Crippen molar-refractivity contribution in [3.63, 3.8) is 0 Å². The number of pyridine rings is 1. The molecule has 0 radical (unpaired) electrons. The van der Waals surface area contributed by atoms with Crippen LogP contribution >= 0.6 is 15.9 Å². The smallest absolute Gasteiger partial charge is 0.271 e. The van der Waals surface area contributed by atoms with E-state index in [1.165, 1.54) is 0 Å². The van der Waals surface area contributed by atoms with E-state index in [1.54, 1.807) is 55.0 Å². The number of allylic oxidation sites excluding steroid dienone is 1. The number of nitrogens with zero attached hydrogens (tertiary/aromatic N) is 2. The van der Waals surface area contributed by atoms with Gasteiger partial charge in [-0.2, -0.15) is 5.10 Å². The summed E-state index contributed by atoms with van der Waals surface area (Å²) < 4.78 is 0.867. The van der Waals surface area contributed by atoms with Crippen LogP contribution in [0, 0.1) is 0 Å². The fraction of sp³-hybridized carbons (Fsp3) is 0. The molecule has 1 N–H and O–H groups in total. The lowest BCUT2D eigenvalue weighted by atomic mass is 10.1. The number of hydrogen-bond acceptors (Lipinski definition) is 4. The van der Waals surface area contributed by atoms with Crippen LogP contribution in [-0.2, 0) is 0 Å². The molecular weight excluding hydrogens is 418 g/mol. The van der Waals surface area contributed by atoms with Crippen LogP contribution in [0.25, 0.3) is 6.08 Å². The average Bonchev–Trinajstić information content (AvgIpc) is 2.73. The van der Waals surface area contributed by atoms with E-state index in [2.05, 4.69) is 31.4 Å². The van der Waals surface area contributed by atoms with Crippen LogP contribution in [0.3, 0.4) is 0 Å². The number of carbonyl (C=O) groups excluding carboxylic acids is 2. The third-order valence-corrected chi connectivity index (χ3v) is 4.29. The first-order valence-electron chi connectivity index (χ1n) is 8.43. The van der Waals surface area contributed by atoms with Crippen molar-refractivity contribution >= 4 is 39.9 Å². The maximum Gasteiger partial charge on any atom is 0.271 e. The Morgan fingerprint density at radius 1 is 0.929 bits per heavy atom. The van der Waals surface area contributed by atoms with E-state index in [1.807, 2.05) is 36.4 Å². The summed E-state index contributed by atoms with van der Waals surface area (Å²) in [6, 6.07) is 17.9. The Morgan fingerprint density at radius 3 is 2.36 bits per heavy atom. The molecule has 6 heteroatoms. The van der Waals surface area contributed by atoms with Crippen molar-refractivity contribution in [2.24, 2.45) is 5.10 Å². The van der Waals surface area contributed by atoms with Gasteiger partial charge in [-0.25, -0.2) is 5.43 Å². The van der Waals surface area contributed by atoms with Gasteiger partial charge in [0.05, 0.1) is 6.21 Å². The number of rotatable bonds is 6. The lowest BCUT2D eigenvalue weighted by Crippen LogP contribution is -2.17. The second-order valence-corrected chi connectivity index (χ2v) is 6.73. The third kappa shape index (κ3) is 5.56. The van der Waals surface area contributed by atoms with Gasteiger partial charge in [0.15, 0.2) is 5.78 Å². The number of halogens is 1. The summed E-state index contributed by atoms with van der Waals surface area (Å²) in [5.41, 5.74) is 5.29. The van der Waals surface area contributed by atoms with Crippen LogP contribution < -0.4 is 5.43 Å². The van der Waals surface area contributed by atoms with Gasteiger partial charge in [0.1, 0.15) is 0 Å². The molecule has 0 fully saturated rings. The normalized spacial score (nSPS) is 11.0. The number of carbonyl (C=O) groups is 2. The monoisotopic (exact) mass is 433 g/mol. The van der Waals surface area contributed by atoms with Gasteiger partial charge < -0.3 is 0 Å². The Hall–Kier alpha value is -3.38. The molecule has 0 aliphatic heterocycles. The van der Waals surface area contributed by atoms with Gasteiger partial charge in [-0.15, -0.1) is 0 Å². The lowest BCUT2D eigenvalue weighted by molar-refractivity contribution is 0.0954. The van der Waals surface area contributed by atoms with Crippen molar-refractivity contribution in [3.05, 3.63) is 106 Å². The molecule has 1 aromatic heterocycles. The van der Waals surface area contributed by atoms with Crippen LogP contribution in [0.15, 0.2) is 88.7 Å². The summed E-state index contributed by atoms with van der Waals surface area (Å²) in [7, 11) is 0. The molecule has 28 heavy (non-hydrogen) atoms. The van der Waals surface area contributed by atoms with Gasteiger partial charge in [0.25, 0.3) is 5.91 Å². The second kappa shape index (κ2) is 9.53. The molecule has 5 nitrogen and oxygen atoms in total. The highest BCUT2D eigenvalue weighted by atomic mass is 79.9. The molecule has 0 aliphatic rings. The van der Waals surface area contributed by atoms with Gasteiger partial charge in [-0.1, -0.05) is 58.4 Å². The van der Waals surface area contributed by atoms with E-state index in [9.17, 15) is 9.59 Å². The quantitative estimate of drug-likeness (QED) is 0.269. The zero-order valence-corrected chi connectivity index (χ0v) is 16.3. The van der Waals surface area contributed by atoms with Gasteiger partial charge in [0.2, 0.25) is 0 Å². The molecule has 3 aromatic rings. The Kier molecular flexibility index (Phi) is 6.59. The number of nitrogens with one attached hydrogen (secondary N) is 1. The first-order valence-corrected chi connectivity index (χ1v) is 9.22. The van der Waals surface area contributed by atoms with E-state index in [-0.39, 0.29) is 11.7 Å². The van der Waals surface area contributed by atoms with Crippen molar-refractivity contribution < 1.29 is 9.59 Å². The average molecular weight is 434 g/mol. The van der Waals surface area contributed by atoms with E-state index in [0.29, 0.717) is 11.1 Å². The SMILES string of the molecule is O=C(/C=C/c1ccc(/C=N/NC(=O)c2ccncc2)cc1)c1cccc(Br)c1. The molecule has 0 bridgehead atoms. The first-order chi connectivity index (χ1) is 13.6. The van der Waals surface area contributed by atoms with Gasteiger partial charge >= 0.3 is 0 Å². The lowest BCUT2D eigenvalue weighted by Gasteiger charge is -1.99. The minimum atomic E-state index is -0.302. The predicted molar refractivity (Wildman–Crippen MR) is 113 cm³/mol. The zero-order valence-electron chi connectivity index (χ0n) is 14.7. The number of hydrazone groups is 1. The van der Waals surface area contributed by atoms with Crippen LogP contribution in [0.2, 0.25) is 0 Å². The maximum absolute atomic E-state index is 12.2. The summed E-state index contributed by atoms with van der Waals surface area (Å²) in [4.78, 5) is 27.9. The number of aromatic nitrogens is 1. The highest BCUT2D eigenvalue weighted by Gasteiger charge is 2.03. The minimum Gasteiger partial charge on any atom is -0.289 e. The molecule has 1 amide bonds. The molecule has 1 heterocycles. The van der Waals surface area contributed by atoms with E-state index >= 15 is 0 Å². The summed E-state index contributed by atoms with van der Waals surface area (Å²) in [6.45, 7) is 0. The minimum absolute atomic E-state index is 0.0641. The molecule has 3 rings (SSSR count). The Bertz CT molecular complexity index is 1030. The van der Waals surface area contributed by atoms with E-state index in [4.69, 9.17) is 0 Å². The Balaban J connectivity index is 1.57. The molecule has 138 valence electrons. The summed E-state index contributed by atoms with van der Waals surface area (Å²) in [5, 5.41) is 3.95. The van der Waals surface area contributed by atoms with Crippen molar-refractivity contribution in [1.29, 1.82) is 0 Å². The van der Waals surface area contributed by atoms with Gasteiger partial charge in [-0.05, 0) is 41.5 Å². The number of benzene rings is 2. The highest BCUT2D eigenvalue weighted by molar-refractivity contribution is 9.10. The first kappa shape index (κ1) is 19.4. The molecular formula is C22H16BrN3O2. The van der Waals surface area contributed by atoms with Crippen LogP contribution in [0.4, 0.5) is 0 Å². The zero-order chi connectivity index (χ0) is 19.8. The Morgan fingerprint density at radius 2 is 1.64 bits per heavy atom. The van der Waals surface area contributed by atoms with E-state index < -0.39 is 0 Å². The van der Waals surface area contributed by atoms with Gasteiger partial charge in [0, 0.05) is 28.0 Å². The maximum atomic E-state index is 12.2. The summed E-state index contributed by atoms with van der Waals surface area (Å²) >= 11 is 3.36. The Labute approximate surface area is 171 Å². The van der Waals surface area contributed by atoms with Crippen LogP contribution in [-0.4, -0.2) is 22.9 Å². The van der Waals surface area contributed by atoms with Crippen molar-refractivity contribution in [2.75, 3.05) is 0 Å². The van der Waals surface area contributed by atoms with Crippen molar-refractivity contribution in [2.45, 2.75) is 0 Å². The topological polar surface area (TPSA) is 71.4 Å². The van der Waals surface area contributed by atoms with E-state index in [0.717, 1.165) is 15.6 Å². The molecule has 0 unspecified atom stereocenters. The summed E-state index contributed by atoms with van der Waals surface area (Å²) in [6.07, 6.45) is 7.95. The van der Waals surface area contributed by atoms with Crippen molar-refractivity contribution in [3.8, 4) is 0 Å². The van der Waals surface area contributed by atoms with Crippen molar-refractivity contribution in [1.82, 2.24) is 10.4 Å². The molecule has 0 saturated heterocycles. The number of ketones is 1. The summed E-state index contributed by atoms with van der Waals surface area (Å²) in [5.74, 6) is -0.366. The number of amides is 1. The fourth-order valence-electron chi connectivity index (χ4n) is 2.34. The molecule has 0 saturated carbocycles. The standard InChI is InChI=1S/C22H16BrN3O2/c23-20-3-1-2-19(14-20)21(27)9-8-16-4-6-17(7-5-16)15-25-26-22(28)18-10-12-24-13-11-18/h1-15H,(H,26,28)/b9-8+,25-15+. The number of hydrogen-bond donors (Lipinski definition) is 1. The third-order valence-electron chi connectivity index (χ3n) is 3.79. The van der Waals surface area contributed by atoms with Crippen LogP contribution in [0.5, 0.6) is 0 Å². The van der Waals surface area contributed by atoms with Gasteiger partial charge in [-0.3, -0.25) is 14.6 Å². The molecule has 2 aromatic carbocycles. The van der Waals surface area contributed by atoms with Crippen LogP contribution in [0.1, 0.15) is 31.8 Å². The molecule has 0 spiro atoms. The fourth-order valence-corrected chi connectivity index (χ4v) is 2.74. The molecule has 0 aliphatic carbocycles. The molecule has 0 atom stereocenters. The second-order valence-electron chi connectivity index (χ2n) is 5.81.